The van der Waals surface area contributed by atoms with Crippen LogP contribution in [0.1, 0.15) is 15.9 Å². The van der Waals surface area contributed by atoms with E-state index >= 15 is 0 Å². The zero-order valence-electron chi connectivity index (χ0n) is 16.1. The molecule has 3 rings (SSSR count). The summed E-state index contributed by atoms with van der Waals surface area (Å²) in [6, 6.07) is 14.1. The summed E-state index contributed by atoms with van der Waals surface area (Å²) in [5.41, 5.74) is 3.23. The lowest BCUT2D eigenvalue weighted by molar-refractivity contribution is -0.142. The van der Waals surface area contributed by atoms with Crippen LogP contribution in [0.15, 0.2) is 71.4 Å². The fourth-order valence-corrected chi connectivity index (χ4v) is 2.60. The summed E-state index contributed by atoms with van der Waals surface area (Å²) in [6.07, 6.45) is 1.63. The number of halogens is 1. The Morgan fingerprint density at radius 2 is 1.87 bits per heavy atom. The first-order valence-electron chi connectivity index (χ1n) is 9.07. The molecule has 2 aromatic carbocycles. The Balaban J connectivity index is 1.77. The number of nitrogens with zero attached hydrogens (tertiary/aromatic N) is 2. The van der Waals surface area contributed by atoms with Crippen LogP contribution in [0.5, 0.6) is 0 Å². The maximum atomic E-state index is 13.0. The van der Waals surface area contributed by atoms with Crippen LogP contribution >= 0.6 is 0 Å². The van der Waals surface area contributed by atoms with Gasteiger partial charge in [0.25, 0.3) is 11.8 Å². The summed E-state index contributed by atoms with van der Waals surface area (Å²) < 4.78 is 13.0. The minimum absolute atomic E-state index is 0.0169. The zero-order chi connectivity index (χ0) is 21.5. The SMILES string of the molecule is CN1NOC(=O)/C1=C\C(=NC(=O)c1ccccc1)C(=O)NCCc1ccc(F)cc1. The molecule has 2 amide bonds. The van der Waals surface area contributed by atoms with Crippen LogP contribution < -0.4 is 10.9 Å². The van der Waals surface area contributed by atoms with Crippen LogP contribution in [0.25, 0.3) is 0 Å². The molecule has 0 radical (unpaired) electrons. The second-order valence-electron chi connectivity index (χ2n) is 6.37. The molecule has 30 heavy (non-hydrogen) atoms. The largest absolute Gasteiger partial charge is 0.376 e. The monoisotopic (exact) mass is 410 g/mol. The maximum absolute atomic E-state index is 13.0. The highest BCUT2D eigenvalue weighted by atomic mass is 19.1. The molecule has 1 heterocycles. The molecule has 9 heteroatoms. The summed E-state index contributed by atoms with van der Waals surface area (Å²) in [5.74, 6) is -2.32. The van der Waals surface area contributed by atoms with Crippen LogP contribution in [0.2, 0.25) is 0 Å². The third-order valence-electron chi connectivity index (χ3n) is 4.21. The minimum atomic E-state index is -0.712. The average molecular weight is 410 g/mol. The lowest BCUT2D eigenvalue weighted by Crippen LogP contribution is -2.33. The van der Waals surface area contributed by atoms with Gasteiger partial charge in [0.05, 0.1) is 0 Å². The predicted molar refractivity (Wildman–Crippen MR) is 106 cm³/mol. The molecule has 154 valence electrons. The highest BCUT2D eigenvalue weighted by molar-refractivity contribution is 6.45. The number of carbonyl (C=O) groups excluding carboxylic acids is 3. The van der Waals surface area contributed by atoms with Gasteiger partial charge in [-0.05, 0) is 36.2 Å². The van der Waals surface area contributed by atoms with Gasteiger partial charge in [0.2, 0.25) is 0 Å². The van der Waals surface area contributed by atoms with Gasteiger partial charge in [0.15, 0.2) is 0 Å². The number of carbonyl (C=O) groups is 3. The van der Waals surface area contributed by atoms with E-state index in [4.69, 9.17) is 0 Å². The third-order valence-corrected chi connectivity index (χ3v) is 4.21. The Labute approximate surface area is 172 Å². The number of likely N-dealkylation sites (N-methyl/N-ethyl adjacent to an activating group) is 1. The van der Waals surface area contributed by atoms with Crippen LogP contribution in [0.3, 0.4) is 0 Å². The van der Waals surface area contributed by atoms with Crippen molar-refractivity contribution in [2.45, 2.75) is 6.42 Å². The van der Waals surface area contributed by atoms with Crippen LogP contribution in [-0.2, 0) is 20.8 Å². The molecule has 0 unspecified atom stereocenters. The van der Waals surface area contributed by atoms with Gasteiger partial charge in [-0.25, -0.2) is 14.2 Å². The van der Waals surface area contributed by atoms with Crippen LogP contribution in [0, 0.1) is 5.82 Å². The summed E-state index contributed by atoms with van der Waals surface area (Å²) in [5, 5.41) is 3.92. The fraction of sp³-hybridized carbons (Fsp3) is 0.143. The molecule has 2 N–H and O–H groups in total. The summed E-state index contributed by atoms with van der Waals surface area (Å²) in [7, 11) is 1.51. The number of rotatable bonds is 6. The van der Waals surface area contributed by atoms with Crippen LogP contribution in [-0.4, -0.2) is 42.1 Å². The molecule has 0 aromatic heterocycles. The number of amides is 2. The van der Waals surface area contributed by atoms with E-state index in [1.165, 1.54) is 30.3 Å². The highest BCUT2D eigenvalue weighted by Gasteiger charge is 2.26. The lowest BCUT2D eigenvalue weighted by Gasteiger charge is -2.09. The first kappa shape index (κ1) is 20.9. The quantitative estimate of drug-likeness (QED) is 0.554. The van der Waals surface area contributed by atoms with Gasteiger partial charge >= 0.3 is 5.97 Å². The molecular weight excluding hydrogens is 391 g/mol. The molecule has 0 aliphatic carbocycles. The third kappa shape index (κ3) is 5.36. The Hall–Kier alpha value is -3.85. The van der Waals surface area contributed by atoms with Crippen molar-refractivity contribution in [2.75, 3.05) is 13.6 Å². The normalized spacial score (nSPS) is 15.3. The molecular formula is C21H19FN4O4. The Kier molecular flexibility index (Phi) is 6.66. The molecule has 0 saturated carbocycles. The molecule has 2 aromatic rings. The van der Waals surface area contributed by atoms with Crippen molar-refractivity contribution in [3.63, 3.8) is 0 Å². The fourth-order valence-electron chi connectivity index (χ4n) is 2.60. The van der Waals surface area contributed by atoms with E-state index in [9.17, 15) is 18.8 Å². The molecule has 1 fully saturated rings. The first-order chi connectivity index (χ1) is 14.4. The minimum Gasteiger partial charge on any atom is -0.350 e. The van der Waals surface area contributed by atoms with Crippen molar-refractivity contribution in [3.8, 4) is 0 Å². The number of hydrogen-bond donors (Lipinski definition) is 2. The van der Waals surface area contributed by atoms with Gasteiger partial charge in [0.1, 0.15) is 17.2 Å². The Morgan fingerprint density at radius 1 is 1.17 bits per heavy atom. The summed E-state index contributed by atoms with van der Waals surface area (Å²) in [4.78, 5) is 45.5. The Morgan fingerprint density at radius 3 is 2.50 bits per heavy atom. The maximum Gasteiger partial charge on any atom is 0.376 e. The van der Waals surface area contributed by atoms with E-state index in [-0.39, 0.29) is 23.8 Å². The van der Waals surface area contributed by atoms with E-state index in [1.807, 2.05) is 0 Å². The van der Waals surface area contributed by atoms with E-state index < -0.39 is 17.8 Å². The van der Waals surface area contributed by atoms with Gasteiger partial charge in [-0.3, -0.25) is 14.6 Å². The van der Waals surface area contributed by atoms with Crippen molar-refractivity contribution in [1.29, 1.82) is 0 Å². The van der Waals surface area contributed by atoms with Crippen molar-refractivity contribution in [3.05, 3.63) is 83.3 Å². The van der Waals surface area contributed by atoms with E-state index in [2.05, 4.69) is 20.7 Å². The number of hydrogen-bond acceptors (Lipinski definition) is 6. The van der Waals surface area contributed by atoms with Gasteiger partial charge in [-0.15, -0.1) is 0 Å². The average Bonchev–Trinajstić information content (AvgIpc) is 3.07. The molecule has 0 atom stereocenters. The lowest BCUT2D eigenvalue weighted by atomic mass is 10.1. The van der Waals surface area contributed by atoms with Crippen LogP contribution in [0.4, 0.5) is 4.39 Å². The molecule has 1 aliphatic heterocycles. The second-order valence-corrected chi connectivity index (χ2v) is 6.37. The number of aliphatic imine (C=N–C) groups is 1. The predicted octanol–water partition coefficient (Wildman–Crippen LogP) is 1.56. The van der Waals surface area contributed by atoms with E-state index in [0.29, 0.717) is 12.0 Å². The number of nitrogens with one attached hydrogen (secondary N) is 2. The molecule has 8 nitrogen and oxygen atoms in total. The standard InChI is InChI=1S/C21H19FN4O4/c1-26-18(21(29)30-25-26)13-17(24-19(27)15-5-3-2-4-6-15)20(28)23-12-11-14-7-9-16(22)10-8-14/h2-10,13,25H,11-12H2,1H3,(H,23,28)/b18-13+,24-17?. The summed E-state index contributed by atoms with van der Waals surface area (Å²) >= 11 is 0. The molecule has 1 aliphatic rings. The van der Waals surface area contributed by atoms with Crippen molar-refractivity contribution < 1.29 is 23.6 Å². The molecule has 1 saturated heterocycles. The van der Waals surface area contributed by atoms with E-state index in [0.717, 1.165) is 5.56 Å². The highest BCUT2D eigenvalue weighted by Crippen LogP contribution is 2.10. The van der Waals surface area contributed by atoms with Crippen molar-refractivity contribution in [2.24, 2.45) is 4.99 Å². The first-order valence-corrected chi connectivity index (χ1v) is 9.07. The van der Waals surface area contributed by atoms with Crippen molar-refractivity contribution in [1.82, 2.24) is 15.9 Å². The van der Waals surface area contributed by atoms with Gasteiger partial charge < -0.3 is 10.2 Å². The van der Waals surface area contributed by atoms with E-state index in [1.54, 1.807) is 42.5 Å². The topological polar surface area (TPSA) is 100 Å². The summed E-state index contributed by atoms with van der Waals surface area (Å²) in [6.45, 7) is 0.227. The van der Waals surface area contributed by atoms with Crippen molar-refractivity contribution >= 4 is 23.5 Å². The Bertz CT molecular complexity index is 1000. The molecule has 0 spiro atoms. The molecule has 0 bridgehead atoms. The number of hydrazine groups is 1. The van der Waals surface area contributed by atoms with Gasteiger partial charge in [-0.2, -0.15) is 0 Å². The second kappa shape index (κ2) is 9.57. The zero-order valence-corrected chi connectivity index (χ0v) is 16.1. The van der Waals surface area contributed by atoms with Gasteiger partial charge in [-0.1, -0.05) is 35.9 Å². The number of benzene rings is 2. The van der Waals surface area contributed by atoms with Gasteiger partial charge in [0, 0.05) is 25.2 Å². The smallest absolute Gasteiger partial charge is 0.350 e.